The number of sulfonamides is 1. The largest absolute Gasteiger partial charge is 0.373 e. The fourth-order valence-corrected chi connectivity index (χ4v) is 3.13. The van der Waals surface area contributed by atoms with Crippen LogP contribution in [-0.2, 0) is 14.9 Å². The third kappa shape index (κ3) is 3.43. The van der Waals surface area contributed by atoms with Crippen LogP contribution < -0.4 is 5.32 Å². The molecule has 1 N–H and O–H groups in total. The SMILES string of the molecule is CC#CCNc1ccc(S(=O)(=O)N2CC(S)CO2)nc1. The van der Waals surface area contributed by atoms with E-state index in [2.05, 4.69) is 34.8 Å². The molecule has 2 heterocycles. The van der Waals surface area contributed by atoms with Crippen LogP contribution in [0.4, 0.5) is 5.69 Å². The highest BCUT2D eigenvalue weighted by molar-refractivity contribution is 7.89. The van der Waals surface area contributed by atoms with E-state index in [0.29, 0.717) is 12.2 Å². The quantitative estimate of drug-likeness (QED) is 0.634. The Bertz CT molecular complexity index is 620. The summed E-state index contributed by atoms with van der Waals surface area (Å²) >= 11 is 4.19. The number of hydrogen-bond donors (Lipinski definition) is 2. The molecule has 0 saturated carbocycles. The van der Waals surface area contributed by atoms with Gasteiger partial charge in [0.15, 0.2) is 5.03 Å². The van der Waals surface area contributed by atoms with E-state index in [1.807, 2.05) is 0 Å². The summed E-state index contributed by atoms with van der Waals surface area (Å²) in [7, 11) is -3.72. The molecule has 1 aromatic heterocycles. The number of nitrogens with one attached hydrogen (secondary N) is 1. The van der Waals surface area contributed by atoms with Crippen molar-refractivity contribution in [2.45, 2.75) is 17.2 Å². The Kier molecular flexibility index (Phi) is 4.88. The Morgan fingerprint density at radius 1 is 1.60 bits per heavy atom. The Balaban J connectivity index is 2.10. The van der Waals surface area contributed by atoms with Crippen LogP contribution in [-0.4, -0.2) is 42.8 Å². The molecule has 20 heavy (non-hydrogen) atoms. The minimum atomic E-state index is -3.72. The summed E-state index contributed by atoms with van der Waals surface area (Å²) in [5.41, 5.74) is 0.709. The molecule has 1 unspecified atom stereocenters. The third-order valence-corrected chi connectivity index (χ3v) is 4.47. The highest BCUT2D eigenvalue weighted by Gasteiger charge is 2.33. The lowest BCUT2D eigenvalue weighted by Gasteiger charge is -2.13. The molecule has 0 aromatic carbocycles. The zero-order valence-corrected chi connectivity index (χ0v) is 12.6. The number of hydroxylamine groups is 1. The molecule has 0 aliphatic carbocycles. The van der Waals surface area contributed by atoms with E-state index in [0.717, 1.165) is 4.47 Å². The molecule has 0 radical (unpaired) electrons. The lowest BCUT2D eigenvalue weighted by Crippen LogP contribution is -2.28. The first kappa shape index (κ1) is 15.1. The van der Waals surface area contributed by atoms with Crippen LogP contribution in [0.15, 0.2) is 23.4 Å². The number of anilines is 1. The van der Waals surface area contributed by atoms with Gasteiger partial charge >= 0.3 is 0 Å². The van der Waals surface area contributed by atoms with E-state index >= 15 is 0 Å². The van der Waals surface area contributed by atoms with Crippen molar-refractivity contribution in [1.29, 1.82) is 0 Å². The maximum absolute atomic E-state index is 12.2. The molecule has 1 fully saturated rings. The smallest absolute Gasteiger partial charge is 0.282 e. The molecule has 6 nitrogen and oxygen atoms in total. The van der Waals surface area contributed by atoms with Crippen LogP contribution in [0.2, 0.25) is 0 Å². The monoisotopic (exact) mass is 313 g/mol. The summed E-state index contributed by atoms with van der Waals surface area (Å²) in [5, 5.41) is 2.85. The van der Waals surface area contributed by atoms with Gasteiger partial charge in [-0.3, -0.25) is 4.84 Å². The molecule has 8 heteroatoms. The second kappa shape index (κ2) is 6.45. The number of aromatic nitrogens is 1. The Morgan fingerprint density at radius 2 is 2.40 bits per heavy atom. The summed E-state index contributed by atoms with van der Waals surface area (Å²) in [4.78, 5) is 9.04. The number of hydrogen-bond acceptors (Lipinski definition) is 6. The summed E-state index contributed by atoms with van der Waals surface area (Å²) in [6.07, 6.45) is 1.46. The molecule has 1 atom stereocenters. The number of nitrogens with zero attached hydrogens (tertiary/aromatic N) is 2. The van der Waals surface area contributed by atoms with Crippen LogP contribution in [0.5, 0.6) is 0 Å². The number of rotatable bonds is 4. The van der Waals surface area contributed by atoms with E-state index in [9.17, 15) is 8.42 Å². The maximum Gasteiger partial charge on any atom is 0.282 e. The van der Waals surface area contributed by atoms with Crippen LogP contribution in [0, 0.1) is 11.8 Å². The molecule has 1 aromatic rings. The zero-order chi connectivity index (χ0) is 14.6. The number of pyridine rings is 1. The van der Waals surface area contributed by atoms with Crippen LogP contribution >= 0.6 is 12.6 Å². The normalized spacial score (nSPS) is 19.4. The molecule has 2 rings (SSSR count). The average molecular weight is 313 g/mol. The zero-order valence-electron chi connectivity index (χ0n) is 10.9. The predicted molar refractivity (Wildman–Crippen MR) is 78.8 cm³/mol. The van der Waals surface area contributed by atoms with Gasteiger partial charge in [0.2, 0.25) is 0 Å². The second-order valence-electron chi connectivity index (χ2n) is 4.11. The Hall–Kier alpha value is -1.27. The van der Waals surface area contributed by atoms with Gasteiger partial charge in [-0.15, -0.1) is 5.92 Å². The number of thiol groups is 1. The minimum absolute atomic E-state index is 0.0490. The van der Waals surface area contributed by atoms with E-state index in [4.69, 9.17) is 4.84 Å². The van der Waals surface area contributed by atoms with Crippen molar-refractivity contribution in [2.24, 2.45) is 0 Å². The van der Waals surface area contributed by atoms with Gasteiger partial charge in [-0.1, -0.05) is 10.4 Å². The standard InChI is InChI=1S/C12H15N3O3S2/c1-2-3-6-13-10-4-5-12(14-7-10)20(16,17)15-8-11(19)9-18-15/h4-5,7,11,13,19H,6,8-9H2,1H3. The van der Waals surface area contributed by atoms with Crippen molar-refractivity contribution in [3.8, 4) is 11.8 Å². The van der Waals surface area contributed by atoms with E-state index in [1.54, 1.807) is 13.0 Å². The maximum atomic E-state index is 12.2. The molecule has 0 bridgehead atoms. The van der Waals surface area contributed by atoms with Crippen molar-refractivity contribution in [2.75, 3.05) is 25.0 Å². The highest BCUT2D eigenvalue weighted by Crippen LogP contribution is 2.21. The van der Waals surface area contributed by atoms with Gasteiger partial charge in [0.05, 0.1) is 31.6 Å². The Labute approximate surface area is 123 Å². The Morgan fingerprint density at radius 3 is 2.95 bits per heavy atom. The van der Waals surface area contributed by atoms with Crippen molar-refractivity contribution in [1.82, 2.24) is 9.45 Å². The summed E-state index contributed by atoms with van der Waals surface area (Å²) < 4.78 is 25.4. The van der Waals surface area contributed by atoms with Gasteiger partial charge < -0.3 is 5.32 Å². The summed E-state index contributed by atoms with van der Waals surface area (Å²) in [6.45, 7) is 2.73. The van der Waals surface area contributed by atoms with Gasteiger partial charge in [-0.05, 0) is 19.1 Å². The van der Waals surface area contributed by atoms with Crippen LogP contribution in [0.1, 0.15) is 6.92 Å². The predicted octanol–water partition coefficient (Wildman–Crippen LogP) is 0.751. The molecular formula is C12H15N3O3S2. The second-order valence-corrected chi connectivity index (χ2v) is 6.61. The summed E-state index contributed by atoms with van der Waals surface area (Å²) in [5.74, 6) is 5.60. The van der Waals surface area contributed by atoms with Crippen molar-refractivity contribution in [3.05, 3.63) is 18.3 Å². The fourth-order valence-electron chi connectivity index (χ4n) is 1.59. The first-order chi connectivity index (χ1) is 9.54. The van der Waals surface area contributed by atoms with Gasteiger partial charge in [-0.25, -0.2) is 13.4 Å². The van der Waals surface area contributed by atoms with Gasteiger partial charge in [0.1, 0.15) is 0 Å². The summed E-state index contributed by atoms with van der Waals surface area (Å²) in [6, 6.07) is 3.08. The van der Waals surface area contributed by atoms with Crippen molar-refractivity contribution < 1.29 is 13.3 Å². The molecule has 0 amide bonds. The lowest BCUT2D eigenvalue weighted by molar-refractivity contribution is -0.0285. The first-order valence-corrected chi connectivity index (χ1v) is 7.93. The first-order valence-electron chi connectivity index (χ1n) is 5.97. The topological polar surface area (TPSA) is 71.5 Å². The minimum Gasteiger partial charge on any atom is -0.373 e. The molecular weight excluding hydrogens is 298 g/mol. The molecule has 1 aliphatic rings. The molecule has 0 spiro atoms. The highest BCUT2D eigenvalue weighted by atomic mass is 32.2. The van der Waals surface area contributed by atoms with E-state index < -0.39 is 10.0 Å². The van der Waals surface area contributed by atoms with Crippen molar-refractivity contribution >= 4 is 28.3 Å². The fraction of sp³-hybridized carbons (Fsp3) is 0.417. The van der Waals surface area contributed by atoms with Gasteiger partial charge in [-0.2, -0.15) is 12.6 Å². The van der Waals surface area contributed by atoms with Gasteiger partial charge in [0.25, 0.3) is 10.0 Å². The van der Waals surface area contributed by atoms with Crippen LogP contribution in [0.3, 0.4) is 0 Å². The average Bonchev–Trinajstić information content (AvgIpc) is 2.87. The molecule has 1 aliphatic heterocycles. The van der Waals surface area contributed by atoms with E-state index in [-0.39, 0.29) is 23.4 Å². The lowest BCUT2D eigenvalue weighted by atomic mass is 10.4. The van der Waals surface area contributed by atoms with E-state index in [1.165, 1.54) is 12.3 Å². The molecule has 1 saturated heterocycles. The third-order valence-electron chi connectivity index (χ3n) is 2.60. The molecule has 108 valence electrons. The van der Waals surface area contributed by atoms with Gasteiger partial charge in [0, 0.05) is 5.25 Å². The van der Waals surface area contributed by atoms with Crippen LogP contribution in [0.25, 0.3) is 0 Å². The van der Waals surface area contributed by atoms with Crippen molar-refractivity contribution in [3.63, 3.8) is 0 Å².